The van der Waals surface area contributed by atoms with Crippen molar-refractivity contribution in [3.63, 3.8) is 0 Å². The summed E-state index contributed by atoms with van der Waals surface area (Å²) in [5, 5.41) is 6.81. The minimum atomic E-state index is 0.971. The number of nitrogens with one attached hydrogen (secondary N) is 1. The normalized spacial score (nSPS) is 11.6. The molecule has 0 aliphatic carbocycles. The first-order chi connectivity index (χ1) is 10.9. The number of benzene rings is 3. The summed E-state index contributed by atoms with van der Waals surface area (Å²) in [5.74, 6) is 0. The van der Waals surface area contributed by atoms with Crippen molar-refractivity contribution >= 4 is 43.6 Å². The zero-order chi connectivity index (χ0) is 14.5. The molecule has 0 aliphatic rings. The molecule has 3 nitrogen and oxygen atoms in total. The second-order valence-electron chi connectivity index (χ2n) is 5.32. The minimum Gasteiger partial charge on any atom is -0.354 e. The average Bonchev–Trinajstić information content (AvgIpc) is 3.18. The first-order valence-corrected chi connectivity index (χ1v) is 7.90. The third kappa shape index (κ3) is 1.55. The van der Waals surface area contributed by atoms with Crippen molar-refractivity contribution in [1.82, 2.24) is 14.6 Å². The van der Waals surface area contributed by atoms with E-state index in [-0.39, 0.29) is 0 Å². The summed E-state index contributed by atoms with van der Waals surface area (Å²) >= 11 is 1.44. The molecule has 3 aromatic carbocycles. The van der Waals surface area contributed by atoms with Crippen LogP contribution in [0.15, 0.2) is 60.7 Å². The summed E-state index contributed by atoms with van der Waals surface area (Å²) in [6.45, 7) is 0. The molecule has 5 aromatic rings. The van der Waals surface area contributed by atoms with Gasteiger partial charge in [0.2, 0.25) is 0 Å². The molecule has 104 valence electrons. The highest BCUT2D eigenvalue weighted by Crippen LogP contribution is 2.36. The van der Waals surface area contributed by atoms with Gasteiger partial charge >= 0.3 is 0 Å². The highest BCUT2D eigenvalue weighted by Gasteiger charge is 2.12. The summed E-state index contributed by atoms with van der Waals surface area (Å²) in [6, 6.07) is 21.1. The van der Waals surface area contributed by atoms with Crippen LogP contribution in [0.25, 0.3) is 43.1 Å². The monoisotopic (exact) mass is 301 g/mol. The van der Waals surface area contributed by atoms with E-state index in [9.17, 15) is 0 Å². The summed E-state index contributed by atoms with van der Waals surface area (Å²) in [4.78, 5) is 3.56. The van der Waals surface area contributed by atoms with Crippen LogP contribution < -0.4 is 0 Å². The third-order valence-electron chi connectivity index (χ3n) is 4.11. The lowest BCUT2D eigenvalue weighted by Gasteiger charge is -2.04. The van der Waals surface area contributed by atoms with Gasteiger partial charge in [0.25, 0.3) is 0 Å². The van der Waals surface area contributed by atoms with Gasteiger partial charge in [-0.1, -0.05) is 53.0 Å². The Bertz CT molecular complexity index is 1140. The number of hydrogen-bond acceptors (Lipinski definition) is 3. The topological polar surface area (TPSA) is 41.6 Å². The van der Waals surface area contributed by atoms with E-state index in [2.05, 4.69) is 75.2 Å². The van der Waals surface area contributed by atoms with Crippen LogP contribution in [0.2, 0.25) is 0 Å². The fourth-order valence-electron chi connectivity index (χ4n) is 3.12. The number of nitrogens with zero attached hydrogens (tertiary/aromatic N) is 2. The van der Waals surface area contributed by atoms with Crippen LogP contribution in [0.3, 0.4) is 0 Å². The van der Waals surface area contributed by atoms with Crippen LogP contribution in [0.4, 0.5) is 0 Å². The van der Waals surface area contributed by atoms with E-state index in [1.807, 2.05) is 0 Å². The summed E-state index contributed by atoms with van der Waals surface area (Å²) in [6.07, 6.45) is 0. The molecule has 1 N–H and O–H groups in total. The first kappa shape index (κ1) is 11.9. The van der Waals surface area contributed by atoms with Gasteiger partial charge in [-0.05, 0) is 23.7 Å². The molecule has 0 saturated carbocycles. The molecule has 0 spiro atoms. The number of aromatic nitrogens is 3. The summed E-state index contributed by atoms with van der Waals surface area (Å²) < 4.78 is 5.21. The highest BCUT2D eigenvalue weighted by atomic mass is 32.1. The Morgan fingerprint density at radius 1 is 0.773 bits per heavy atom. The maximum Gasteiger partial charge on any atom is 0.113 e. The van der Waals surface area contributed by atoms with Crippen LogP contribution >= 0.6 is 11.5 Å². The Morgan fingerprint density at radius 2 is 1.59 bits per heavy atom. The lowest BCUT2D eigenvalue weighted by Crippen LogP contribution is -1.82. The molecule has 5 rings (SSSR count). The molecule has 0 amide bonds. The fraction of sp³-hybridized carbons (Fsp3) is 0. The molecule has 0 radical (unpaired) electrons. The van der Waals surface area contributed by atoms with E-state index in [0.717, 1.165) is 26.8 Å². The van der Waals surface area contributed by atoms with Crippen molar-refractivity contribution < 1.29 is 0 Å². The van der Waals surface area contributed by atoms with Gasteiger partial charge in [0.1, 0.15) is 5.52 Å². The van der Waals surface area contributed by atoms with Gasteiger partial charge in [0, 0.05) is 27.4 Å². The molecule has 0 atom stereocenters. The molecular weight excluding hydrogens is 290 g/mol. The number of aromatic amines is 1. The van der Waals surface area contributed by atoms with Crippen LogP contribution in [0.1, 0.15) is 0 Å². The number of fused-ring (bicyclic) bond motifs is 4. The van der Waals surface area contributed by atoms with Gasteiger partial charge in [0.05, 0.1) is 10.2 Å². The van der Waals surface area contributed by atoms with Crippen molar-refractivity contribution in [2.24, 2.45) is 0 Å². The Hall–Kier alpha value is -2.72. The largest absolute Gasteiger partial charge is 0.354 e. The van der Waals surface area contributed by atoms with Crippen molar-refractivity contribution in [3.8, 4) is 11.1 Å². The Labute approximate surface area is 130 Å². The number of H-pyrrole nitrogens is 1. The lowest BCUT2D eigenvalue weighted by atomic mass is 10.0. The van der Waals surface area contributed by atoms with Crippen molar-refractivity contribution in [2.75, 3.05) is 0 Å². The van der Waals surface area contributed by atoms with Crippen molar-refractivity contribution in [2.45, 2.75) is 0 Å². The van der Waals surface area contributed by atoms with Gasteiger partial charge in [0.15, 0.2) is 0 Å². The van der Waals surface area contributed by atoms with Crippen LogP contribution in [-0.4, -0.2) is 14.6 Å². The molecule has 0 saturated heterocycles. The number of rotatable bonds is 1. The molecule has 4 heteroatoms. The van der Waals surface area contributed by atoms with Gasteiger partial charge in [-0.25, -0.2) is 0 Å². The van der Waals surface area contributed by atoms with E-state index in [1.165, 1.54) is 27.9 Å². The molecule has 0 fully saturated rings. The predicted octanol–water partition coefficient (Wildman–Crippen LogP) is 4.99. The highest BCUT2D eigenvalue weighted by molar-refractivity contribution is 7.13. The Morgan fingerprint density at radius 3 is 2.59 bits per heavy atom. The second kappa shape index (κ2) is 4.39. The molecule has 0 aliphatic heterocycles. The maximum atomic E-state index is 4.31. The Kier molecular flexibility index (Phi) is 2.37. The number of para-hydroxylation sites is 2. The van der Waals surface area contributed by atoms with Gasteiger partial charge in [-0.15, -0.1) is 5.10 Å². The maximum absolute atomic E-state index is 4.31. The summed E-state index contributed by atoms with van der Waals surface area (Å²) in [7, 11) is 0. The Balaban J connectivity index is 1.94. The van der Waals surface area contributed by atoms with E-state index >= 15 is 0 Å². The van der Waals surface area contributed by atoms with Gasteiger partial charge in [-0.3, -0.25) is 0 Å². The van der Waals surface area contributed by atoms with Crippen molar-refractivity contribution in [1.29, 1.82) is 0 Å². The molecule has 0 bridgehead atoms. The number of hydrogen-bond donors (Lipinski definition) is 1. The first-order valence-electron chi connectivity index (χ1n) is 7.13. The fourth-order valence-corrected chi connectivity index (χ4v) is 3.71. The smallest absolute Gasteiger partial charge is 0.113 e. The summed E-state index contributed by atoms with van der Waals surface area (Å²) in [5.41, 5.74) is 5.59. The minimum absolute atomic E-state index is 0.971. The van der Waals surface area contributed by atoms with E-state index in [0.29, 0.717) is 0 Å². The molecule has 2 aromatic heterocycles. The van der Waals surface area contributed by atoms with E-state index in [4.69, 9.17) is 0 Å². The lowest BCUT2D eigenvalue weighted by molar-refractivity contribution is 1.20. The van der Waals surface area contributed by atoms with E-state index < -0.39 is 0 Å². The van der Waals surface area contributed by atoms with Gasteiger partial charge in [-0.2, -0.15) is 0 Å². The molecule has 2 heterocycles. The zero-order valence-corrected chi connectivity index (χ0v) is 12.4. The average molecular weight is 301 g/mol. The standard InChI is InChI=1S/C18H11N3S/c1-2-9-15-11(5-1)12-6-3-7-13(17(12)19-15)14-8-4-10-16-18(14)20-21-22-16/h1-10,19H. The zero-order valence-electron chi connectivity index (χ0n) is 11.6. The van der Waals surface area contributed by atoms with E-state index in [1.54, 1.807) is 0 Å². The quantitative estimate of drug-likeness (QED) is 0.474. The van der Waals surface area contributed by atoms with Gasteiger partial charge < -0.3 is 4.98 Å². The van der Waals surface area contributed by atoms with Crippen LogP contribution in [0, 0.1) is 0 Å². The second-order valence-corrected chi connectivity index (χ2v) is 6.11. The van der Waals surface area contributed by atoms with Crippen LogP contribution in [-0.2, 0) is 0 Å². The molecule has 22 heavy (non-hydrogen) atoms. The van der Waals surface area contributed by atoms with Crippen LogP contribution in [0.5, 0.6) is 0 Å². The SMILES string of the molecule is c1ccc2c(c1)[nH]c1c(-c3cccc4snnc34)cccc12. The molecular formula is C18H11N3S. The van der Waals surface area contributed by atoms with Crippen molar-refractivity contribution in [3.05, 3.63) is 60.7 Å². The predicted molar refractivity (Wildman–Crippen MR) is 92.2 cm³/mol. The molecule has 0 unspecified atom stereocenters. The third-order valence-corrected chi connectivity index (χ3v) is 4.80.